The lowest BCUT2D eigenvalue weighted by Gasteiger charge is -2.23. The van der Waals surface area contributed by atoms with Crippen LogP contribution in [-0.4, -0.2) is 46.4 Å². The van der Waals surface area contributed by atoms with Gasteiger partial charge in [-0.3, -0.25) is 10.1 Å². The molecule has 8 heteroatoms. The molecule has 0 aromatic heterocycles. The van der Waals surface area contributed by atoms with E-state index in [1.807, 2.05) is 60.7 Å². The van der Waals surface area contributed by atoms with Gasteiger partial charge in [0.1, 0.15) is 6.04 Å². The number of benzene rings is 2. The van der Waals surface area contributed by atoms with Crippen molar-refractivity contribution in [1.29, 1.82) is 0 Å². The van der Waals surface area contributed by atoms with E-state index in [0.29, 0.717) is 38.8 Å². The van der Waals surface area contributed by atoms with Crippen LogP contribution in [-0.2, 0) is 31.6 Å². The molecule has 1 aliphatic rings. The van der Waals surface area contributed by atoms with Gasteiger partial charge in [0.15, 0.2) is 6.10 Å². The number of carboxylic acids is 1. The molecule has 1 aliphatic heterocycles. The Labute approximate surface area is 189 Å². The maximum absolute atomic E-state index is 13.1. The van der Waals surface area contributed by atoms with Gasteiger partial charge in [-0.25, -0.2) is 4.79 Å². The quantitative estimate of drug-likeness (QED) is 0.496. The molecule has 0 aliphatic carbocycles. The number of likely N-dealkylation sites (tertiary alicyclic amines) is 1. The highest BCUT2D eigenvalue weighted by molar-refractivity contribution is 7.40. The van der Waals surface area contributed by atoms with Crippen LogP contribution < -0.4 is 5.32 Å². The summed E-state index contributed by atoms with van der Waals surface area (Å²) in [5.41, 5.74) is 2.19. The molecule has 2 aromatic carbocycles. The third-order valence-electron chi connectivity index (χ3n) is 5.62. The fourth-order valence-electron chi connectivity index (χ4n) is 3.86. The maximum Gasteiger partial charge on any atom is 0.528 e. The first-order valence-electron chi connectivity index (χ1n) is 10.9. The molecule has 1 fully saturated rings. The minimum absolute atomic E-state index is 0.379. The Morgan fingerprint density at radius 3 is 2.38 bits per heavy atom. The van der Waals surface area contributed by atoms with Gasteiger partial charge in [0, 0.05) is 19.5 Å². The van der Waals surface area contributed by atoms with E-state index in [4.69, 9.17) is 4.52 Å². The molecule has 2 aromatic rings. The number of hydrogen-bond acceptors (Lipinski definition) is 5. The zero-order chi connectivity index (χ0) is 22.9. The van der Waals surface area contributed by atoms with Crippen LogP contribution >= 0.6 is 8.03 Å². The monoisotopic (exact) mass is 457 g/mol. The Kier molecular flexibility index (Phi) is 8.91. The number of aliphatic carboxylic acids is 1. The summed E-state index contributed by atoms with van der Waals surface area (Å²) in [5, 5.41) is 12.7. The van der Waals surface area contributed by atoms with E-state index in [2.05, 4.69) is 5.32 Å². The number of carboxylic acid groups (broad SMARTS) is 1. The summed E-state index contributed by atoms with van der Waals surface area (Å²) in [6.07, 6.45) is 1.39. The molecule has 7 nitrogen and oxygen atoms in total. The van der Waals surface area contributed by atoms with Crippen molar-refractivity contribution in [2.75, 3.05) is 6.54 Å². The normalized spacial score (nSPS) is 18.2. The standard InChI is InChI=1S/C24H29N2O5P/c1-18(23(27)26-16-8-13-21(26)24(28)29)31-32(30)22(15-14-19-9-4-2-5-10-19)25-17-20-11-6-3-7-12-20/h2-7,9-12,18,21-22,25H,8,13-17H2,1H3/p+1/t18-,21-,22?/m0/s1. The molecule has 170 valence electrons. The first-order valence-corrected chi connectivity index (χ1v) is 12.2. The number of aryl methyl sites for hydroxylation is 1. The molecule has 0 radical (unpaired) electrons. The Balaban J connectivity index is 1.63. The highest BCUT2D eigenvalue weighted by Gasteiger charge is 2.41. The predicted molar refractivity (Wildman–Crippen MR) is 122 cm³/mol. The van der Waals surface area contributed by atoms with Gasteiger partial charge in [-0.1, -0.05) is 60.7 Å². The fourth-order valence-corrected chi connectivity index (χ4v) is 4.99. The molecule has 0 spiro atoms. The summed E-state index contributed by atoms with van der Waals surface area (Å²) in [5.74, 6) is -1.89. The summed E-state index contributed by atoms with van der Waals surface area (Å²) in [4.78, 5) is 25.5. The van der Waals surface area contributed by atoms with Crippen LogP contribution in [0.4, 0.5) is 0 Å². The van der Waals surface area contributed by atoms with Gasteiger partial charge in [0.05, 0.1) is 0 Å². The second-order valence-electron chi connectivity index (χ2n) is 7.97. The number of nitrogens with zero attached hydrogens (tertiary/aromatic N) is 1. The first-order chi connectivity index (χ1) is 15.5. The van der Waals surface area contributed by atoms with Crippen molar-refractivity contribution in [3.63, 3.8) is 0 Å². The van der Waals surface area contributed by atoms with Gasteiger partial charge in [-0.05, 0) is 41.9 Å². The van der Waals surface area contributed by atoms with E-state index < -0.39 is 37.8 Å². The summed E-state index contributed by atoms with van der Waals surface area (Å²) in [6, 6.07) is 18.9. The SMILES string of the molecule is C[C@H](O[P+](=O)C(CCc1ccccc1)NCc1ccccc1)C(=O)N1CCC[C@H]1C(=O)O. The Hall–Kier alpha value is -2.60. The van der Waals surface area contributed by atoms with Gasteiger partial charge in [0.2, 0.25) is 5.78 Å². The van der Waals surface area contributed by atoms with Crippen LogP contribution in [0.3, 0.4) is 0 Å². The molecule has 2 N–H and O–H groups in total. The van der Waals surface area contributed by atoms with Gasteiger partial charge in [-0.2, -0.15) is 0 Å². The van der Waals surface area contributed by atoms with E-state index in [0.717, 1.165) is 11.1 Å². The molecule has 3 rings (SSSR count). The molecule has 0 saturated carbocycles. The summed E-state index contributed by atoms with van der Waals surface area (Å²) in [6.45, 7) is 2.45. The van der Waals surface area contributed by atoms with Gasteiger partial charge in [-0.15, -0.1) is 4.52 Å². The smallest absolute Gasteiger partial charge is 0.480 e. The molecule has 1 saturated heterocycles. The van der Waals surface area contributed by atoms with Crippen LogP contribution in [0, 0.1) is 0 Å². The molecule has 2 unspecified atom stereocenters. The number of nitrogens with one attached hydrogen (secondary N) is 1. The largest absolute Gasteiger partial charge is 0.528 e. The van der Waals surface area contributed by atoms with E-state index in [9.17, 15) is 19.3 Å². The summed E-state index contributed by atoms with van der Waals surface area (Å²) >= 11 is 0. The van der Waals surface area contributed by atoms with Crippen LogP contribution in [0.25, 0.3) is 0 Å². The van der Waals surface area contributed by atoms with Crippen molar-refractivity contribution in [2.45, 2.75) is 57.1 Å². The second-order valence-corrected chi connectivity index (χ2v) is 9.37. The van der Waals surface area contributed by atoms with Crippen molar-refractivity contribution >= 4 is 19.9 Å². The molecule has 0 bridgehead atoms. The maximum atomic E-state index is 13.1. The Bertz CT molecular complexity index is 866. The van der Waals surface area contributed by atoms with Crippen molar-refractivity contribution in [3.05, 3.63) is 71.8 Å². The molecule has 4 atom stereocenters. The van der Waals surface area contributed by atoms with Crippen molar-refractivity contribution in [3.8, 4) is 0 Å². The van der Waals surface area contributed by atoms with Crippen LogP contribution in [0.1, 0.15) is 37.3 Å². The van der Waals surface area contributed by atoms with Crippen molar-refractivity contribution in [1.82, 2.24) is 10.2 Å². The molecule has 1 amide bonds. The molecule has 1 heterocycles. The summed E-state index contributed by atoms with van der Waals surface area (Å²) < 4.78 is 18.8. The predicted octanol–water partition coefficient (Wildman–Crippen LogP) is 3.96. The van der Waals surface area contributed by atoms with Gasteiger partial charge < -0.3 is 10.0 Å². The van der Waals surface area contributed by atoms with Crippen LogP contribution in [0.15, 0.2) is 60.7 Å². The topological polar surface area (TPSA) is 95.9 Å². The zero-order valence-corrected chi connectivity index (χ0v) is 19.1. The minimum atomic E-state index is -2.21. The van der Waals surface area contributed by atoms with E-state index in [1.165, 1.54) is 11.8 Å². The average molecular weight is 457 g/mol. The highest BCUT2D eigenvalue weighted by Crippen LogP contribution is 2.34. The van der Waals surface area contributed by atoms with Gasteiger partial charge >= 0.3 is 14.0 Å². The molecule has 32 heavy (non-hydrogen) atoms. The summed E-state index contributed by atoms with van der Waals surface area (Å²) in [7, 11) is -2.21. The van der Waals surface area contributed by atoms with E-state index >= 15 is 0 Å². The number of rotatable bonds is 11. The first kappa shape index (κ1) is 24.1. The van der Waals surface area contributed by atoms with E-state index in [-0.39, 0.29) is 0 Å². The number of amides is 1. The lowest BCUT2D eigenvalue weighted by atomic mass is 10.1. The lowest BCUT2D eigenvalue weighted by Crippen LogP contribution is -2.45. The minimum Gasteiger partial charge on any atom is -0.480 e. The molecular weight excluding hydrogens is 427 g/mol. The van der Waals surface area contributed by atoms with E-state index in [1.54, 1.807) is 0 Å². The van der Waals surface area contributed by atoms with Crippen LogP contribution in [0.5, 0.6) is 0 Å². The Morgan fingerprint density at radius 2 is 1.75 bits per heavy atom. The number of carbonyl (C=O) groups is 2. The van der Waals surface area contributed by atoms with Crippen LogP contribution in [0.2, 0.25) is 0 Å². The lowest BCUT2D eigenvalue weighted by molar-refractivity contribution is -0.150. The average Bonchev–Trinajstić information content (AvgIpc) is 3.30. The third-order valence-corrected chi connectivity index (χ3v) is 7.09. The molecular formula is C24H30N2O5P+. The Morgan fingerprint density at radius 1 is 1.12 bits per heavy atom. The van der Waals surface area contributed by atoms with Gasteiger partial charge in [0.25, 0.3) is 5.91 Å². The van der Waals surface area contributed by atoms with Crippen molar-refractivity contribution < 1.29 is 23.8 Å². The second kappa shape index (κ2) is 11.9. The third kappa shape index (κ3) is 6.70. The zero-order valence-electron chi connectivity index (χ0n) is 18.2. The van der Waals surface area contributed by atoms with Crippen molar-refractivity contribution in [2.24, 2.45) is 0 Å². The fraction of sp³-hybridized carbons (Fsp3) is 0.417. The highest BCUT2D eigenvalue weighted by atomic mass is 31.1. The number of hydrogen-bond donors (Lipinski definition) is 2. The number of carbonyl (C=O) groups excluding carboxylic acids is 1.